The molecule has 0 amide bonds. The van der Waals surface area contributed by atoms with Gasteiger partial charge in [-0.2, -0.15) is 0 Å². The van der Waals surface area contributed by atoms with E-state index in [-0.39, 0.29) is 0 Å². The van der Waals surface area contributed by atoms with Gasteiger partial charge in [-0.25, -0.2) is 0 Å². The van der Waals surface area contributed by atoms with Gasteiger partial charge in [0.25, 0.3) is 0 Å². The van der Waals surface area contributed by atoms with Crippen LogP contribution in [-0.2, 0) is 4.79 Å². The second-order valence-corrected chi connectivity index (χ2v) is 4.91. The van der Waals surface area contributed by atoms with Crippen LogP contribution in [0.2, 0.25) is 0 Å². The molecule has 2 saturated carbocycles. The second kappa shape index (κ2) is 2.86. The fourth-order valence-electron chi connectivity index (χ4n) is 2.58. The largest absolute Gasteiger partial charge is 0.299 e. The quantitative estimate of drug-likeness (QED) is 0.616. The number of fused-ring (bicyclic) bond motifs is 1. The molecule has 12 heavy (non-hydrogen) atoms. The highest BCUT2D eigenvalue weighted by atomic mass is 16.1. The molecule has 2 rings (SSSR count). The van der Waals surface area contributed by atoms with Crippen LogP contribution in [0, 0.1) is 23.7 Å². The first-order valence-electron chi connectivity index (χ1n) is 5.22. The van der Waals surface area contributed by atoms with Crippen molar-refractivity contribution in [2.75, 3.05) is 0 Å². The highest BCUT2D eigenvalue weighted by Gasteiger charge is 2.48. The van der Waals surface area contributed by atoms with E-state index in [9.17, 15) is 4.79 Å². The van der Waals surface area contributed by atoms with Crippen molar-refractivity contribution in [1.29, 1.82) is 0 Å². The molecule has 3 atom stereocenters. The Balaban J connectivity index is 1.93. The molecular formula is C11H18O. The molecule has 0 aliphatic heterocycles. The maximum atomic E-state index is 11.7. The van der Waals surface area contributed by atoms with Crippen molar-refractivity contribution in [2.45, 2.75) is 39.5 Å². The lowest BCUT2D eigenvalue weighted by molar-refractivity contribution is -0.126. The highest BCUT2D eigenvalue weighted by molar-refractivity contribution is 5.86. The highest BCUT2D eigenvalue weighted by Crippen LogP contribution is 2.50. The number of carbonyl (C=O) groups is 1. The first-order valence-corrected chi connectivity index (χ1v) is 5.22. The van der Waals surface area contributed by atoms with Crippen molar-refractivity contribution in [3.63, 3.8) is 0 Å². The van der Waals surface area contributed by atoms with E-state index in [1.54, 1.807) is 0 Å². The summed E-state index contributed by atoms with van der Waals surface area (Å²) in [5.41, 5.74) is 0. The molecular weight excluding hydrogens is 148 g/mol. The third-order valence-corrected chi connectivity index (χ3v) is 3.33. The molecule has 1 heteroatoms. The van der Waals surface area contributed by atoms with Crippen LogP contribution < -0.4 is 0 Å². The lowest BCUT2D eigenvalue weighted by Gasteiger charge is -2.21. The Labute approximate surface area is 74.5 Å². The van der Waals surface area contributed by atoms with Crippen LogP contribution in [0.3, 0.4) is 0 Å². The molecule has 0 unspecified atom stereocenters. The molecule has 0 radical (unpaired) electrons. The van der Waals surface area contributed by atoms with Crippen molar-refractivity contribution in [1.82, 2.24) is 0 Å². The summed E-state index contributed by atoms with van der Waals surface area (Å²) in [6, 6.07) is 0. The van der Waals surface area contributed by atoms with Gasteiger partial charge in [-0.05, 0) is 37.5 Å². The van der Waals surface area contributed by atoms with E-state index in [0.29, 0.717) is 23.5 Å². The third kappa shape index (κ3) is 1.41. The van der Waals surface area contributed by atoms with Gasteiger partial charge in [-0.15, -0.1) is 0 Å². The van der Waals surface area contributed by atoms with Crippen LogP contribution >= 0.6 is 0 Å². The van der Waals surface area contributed by atoms with E-state index in [0.717, 1.165) is 12.3 Å². The average Bonchev–Trinajstić information content (AvgIpc) is 2.73. The molecule has 0 spiro atoms. The first kappa shape index (κ1) is 8.28. The van der Waals surface area contributed by atoms with Crippen LogP contribution in [0.25, 0.3) is 0 Å². The van der Waals surface area contributed by atoms with Crippen LogP contribution in [0.1, 0.15) is 39.5 Å². The van der Waals surface area contributed by atoms with Crippen molar-refractivity contribution in [3.8, 4) is 0 Å². The van der Waals surface area contributed by atoms with Crippen LogP contribution in [0.15, 0.2) is 0 Å². The fourth-order valence-corrected chi connectivity index (χ4v) is 2.58. The smallest absolute Gasteiger partial charge is 0.139 e. The molecule has 0 N–H and O–H groups in total. The van der Waals surface area contributed by atoms with E-state index in [4.69, 9.17) is 0 Å². The lowest BCUT2D eigenvalue weighted by Crippen LogP contribution is -2.23. The Morgan fingerprint density at radius 3 is 2.83 bits per heavy atom. The maximum absolute atomic E-state index is 11.7. The van der Waals surface area contributed by atoms with Crippen molar-refractivity contribution in [2.24, 2.45) is 23.7 Å². The van der Waals surface area contributed by atoms with Crippen LogP contribution in [0.5, 0.6) is 0 Å². The van der Waals surface area contributed by atoms with Crippen molar-refractivity contribution < 1.29 is 4.79 Å². The second-order valence-electron chi connectivity index (χ2n) is 4.91. The molecule has 0 saturated heterocycles. The Bertz CT molecular complexity index is 195. The molecule has 68 valence electrons. The standard InChI is InChI=1S/C11H18O/c1-7(2)5-9-4-3-8-6-10(8)11(9)12/h7-10H,3-6H2,1-2H3/t8-,9+,10-/m1/s1. The zero-order valence-corrected chi connectivity index (χ0v) is 8.05. The van der Waals surface area contributed by atoms with Gasteiger partial charge >= 0.3 is 0 Å². The van der Waals surface area contributed by atoms with Gasteiger partial charge in [0, 0.05) is 11.8 Å². The lowest BCUT2D eigenvalue weighted by atomic mass is 9.83. The predicted octanol–water partition coefficient (Wildman–Crippen LogP) is 2.65. The average molecular weight is 166 g/mol. The van der Waals surface area contributed by atoms with E-state index < -0.39 is 0 Å². The van der Waals surface area contributed by atoms with Crippen molar-refractivity contribution >= 4 is 5.78 Å². The molecule has 0 aromatic carbocycles. The molecule has 0 aromatic rings. The summed E-state index contributed by atoms with van der Waals surface area (Å²) >= 11 is 0. The topological polar surface area (TPSA) is 17.1 Å². The van der Waals surface area contributed by atoms with E-state index in [1.807, 2.05) is 0 Å². The molecule has 1 nitrogen and oxygen atoms in total. The summed E-state index contributed by atoms with van der Waals surface area (Å²) in [7, 11) is 0. The van der Waals surface area contributed by atoms with E-state index in [2.05, 4.69) is 13.8 Å². The van der Waals surface area contributed by atoms with Gasteiger partial charge in [0.1, 0.15) is 5.78 Å². The maximum Gasteiger partial charge on any atom is 0.139 e. The third-order valence-electron chi connectivity index (χ3n) is 3.33. The molecule has 0 heterocycles. The molecule has 2 aliphatic carbocycles. The normalized spacial score (nSPS) is 39.9. The number of Topliss-reactive ketones (excluding diaryl/α,β-unsaturated/α-hetero) is 1. The zero-order chi connectivity index (χ0) is 8.72. The monoisotopic (exact) mass is 166 g/mol. The van der Waals surface area contributed by atoms with Gasteiger partial charge in [-0.1, -0.05) is 13.8 Å². The summed E-state index contributed by atoms with van der Waals surface area (Å²) in [4.78, 5) is 11.7. The van der Waals surface area contributed by atoms with Gasteiger partial charge in [0.05, 0.1) is 0 Å². The Morgan fingerprint density at radius 2 is 2.17 bits per heavy atom. The van der Waals surface area contributed by atoms with Gasteiger partial charge in [0.15, 0.2) is 0 Å². The van der Waals surface area contributed by atoms with Gasteiger partial charge < -0.3 is 0 Å². The summed E-state index contributed by atoms with van der Waals surface area (Å²) in [5.74, 6) is 3.02. The first-order chi connectivity index (χ1) is 5.68. The summed E-state index contributed by atoms with van der Waals surface area (Å²) in [6.07, 6.45) is 4.85. The Morgan fingerprint density at radius 1 is 1.42 bits per heavy atom. The number of rotatable bonds is 2. The number of hydrogen-bond acceptors (Lipinski definition) is 1. The number of ketones is 1. The summed E-state index contributed by atoms with van der Waals surface area (Å²) in [5, 5.41) is 0. The van der Waals surface area contributed by atoms with Crippen molar-refractivity contribution in [3.05, 3.63) is 0 Å². The number of carbonyl (C=O) groups excluding carboxylic acids is 1. The van der Waals surface area contributed by atoms with E-state index >= 15 is 0 Å². The molecule has 2 fully saturated rings. The van der Waals surface area contributed by atoms with Gasteiger partial charge in [0.2, 0.25) is 0 Å². The Kier molecular flexibility index (Phi) is 1.97. The molecule has 0 aromatic heterocycles. The summed E-state index contributed by atoms with van der Waals surface area (Å²) in [6.45, 7) is 4.43. The minimum atomic E-state index is 0.425. The van der Waals surface area contributed by atoms with Crippen LogP contribution in [-0.4, -0.2) is 5.78 Å². The number of hydrogen-bond donors (Lipinski definition) is 0. The minimum Gasteiger partial charge on any atom is -0.299 e. The summed E-state index contributed by atoms with van der Waals surface area (Å²) < 4.78 is 0. The molecule has 0 bridgehead atoms. The molecule has 2 aliphatic rings. The Hall–Kier alpha value is -0.330. The van der Waals surface area contributed by atoms with Crippen LogP contribution in [0.4, 0.5) is 0 Å². The minimum absolute atomic E-state index is 0.425. The SMILES string of the molecule is CC(C)C[C@@H]1CC[C@@H]2C[C@H]2C1=O. The zero-order valence-electron chi connectivity index (χ0n) is 8.05. The predicted molar refractivity (Wildman–Crippen MR) is 48.8 cm³/mol. The van der Waals surface area contributed by atoms with Gasteiger partial charge in [-0.3, -0.25) is 4.79 Å². The fraction of sp³-hybridized carbons (Fsp3) is 0.909. The van der Waals surface area contributed by atoms with E-state index in [1.165, 1.54) is 19.3 Å².